The van der Waals surface area contributed by atoms with E-state index < -0.39 is 6.10 Å². The number of carbonyl (C=O) groups excluding carboxylic acids is 1. The Morgan fingerprint density at radius 3 is 2.62 bits per heavy atom. The van der Waals surface area contributed by atoms with E-state index >= 15 is 0 Å². The number of aliphatic hydroxyl groups excluding tert-OH is 1. The normalized spacial score (nSPS) is 21.9. The topological polar surface area (TPSA) is 52.6 Å². The number of anilines is 1. The molecule has 0 unspecified atom stereocenters. The van der Waals surface area contributed by atoms with Crippen LogP contribution < -0.4 is 5.32 Å². The summed E-state index contributed by atoms with van der Waals surface area (Å²) in [6, 6.07) is 6.83. The summed E-state index contributed by atoms with van der Waals surface area (Å²) in [6.45, 7) is 2.69. The molecule has 0 aromatic heterocycles. The lowest BCUT2D eigenvalue weighted by atomic mass is 9.91. The average Bonchev–Trinajstić information content (AvgIpc) is 2.48. The molecule has 1 aliphatic rings. The first-order valence-corrected chi connectivity index (χ1v) is 8.01. The molecular formula is C16H23ClN2O2. The molecule has 2 amide bonds. The minimum atomic E-state index is -0.415. The van der Waals surface area contributed by atoms with Crippen molar-refractivity contribution in [1.82, 2.24) is 4.90 Å². The molecule has 2 atom stereocenters. The summed E-state index contributed by atoms with van der Waals surface area (Å²) in [5, 5.41) is 13.7. The fourth-order valence-electron chi connectivity index (χ4n) is 2.84. The van der Waals surface area contributed by atoms with E-state index in [0.29, 0.717) is 11.6 Å². The Hall–Kier alpha value is -1.26. The van der Waals surface area contributed by atoms with Gasteiger partial charge in [0.1, 0.15) is 0 Å². The maximum Gasteiger partial charge on any atom is 0.322 e. The van der Waals surface area contributed by atoms with Gasteiger partial charge in [-0.05, 0) is 43.5 Å². The molecule has 1 aromatic carbocycles. The van der Waals surface area contributed by atoms with Crippen LogP contribution in [-0.2, 0) is 0 Å². The summed E-state index contributed by atoms with van der Waals surface area (Å²) in [6.07, 6.45) is 4.21. The van der Waals surface area contributed by atoms with Gasteiger partial charge in [-0.2, -0.15) is 0 Å². The minimum Gasteiger partial charge on any atom is -0.391 e. The van der Waals surface area contributed by atoms with Crippen LogP contribution in [0.4, 0.5) is 10.5 Å². The number of nitrogens with one attached hydrogen (secondary N) is 1. The number of amides is 2. The second kappa shape index (κ2) is 7.66. The van der Waals surface area contributed by atoms with Gasteiger partial charge in [0.25, 0.3) is 0 Å². The van der Waals surface area contributed by atoms with Gasteiger partial charge in [0.15, 0.2) is 0 Å². The zero-order chi connectivity index (χ0) is 15.2. The Balaban J connectivity index is 2.05. The van der Waals surface area contributed by atoms with Crippen molar-refractivity contribution in [3.05, 3.63) is 29.3 Å². The zero-order valence-corrected chi connectivity index (χ0v) is 13.1. The van der Waals surface area contributed by atoms with Crippen molar-refractivity contribution in [2.45, 2.75) is 51.2 Å². The molecule has 0 aliphatic heterocycles. The minimum absolute atomic E-state index is 0.0778. The van der Waals surface area contributed by atoms with Crippen molar-refractivity contribution in [3.63, 3.8) is 0 Å². The fourth-order valence-corrected chi connectivity index (χ4v) is 2.97. The number of hydrogen-bond donors (Lipinski definition) is 2. The molecule has 21 heavy (non-hydrogen) atoms. The van der Waals surface area contributed by atoms with Crippen LogP contribution in [0.1, 0.15) is 39.0 Å². The van der Waals surface area contributed by atoms with Crippen LogP contribution in [0.5, 0.6) is 0 Å². The number of aliphatic hydroxyl groups is 1. The summed E-state index contributed by atoms with van der Waals surface area (Å²) in [5.74, 6) is 0. The van der Waals surface area contributed by atoms with Crippen LogP contribution in [0.15, 0.2) is 24.3 Å². The molecule has 1 saturated carbocycles. The monoisotopic (exact) mass is 310 g/mol. The van der Waals surface area contributed by atoms with Crippen LogP contribution in [-0.4, -0.2) is 34.7 Å². The summed E-state index contributed by atoms with van der Waals surface area (Å²) in [5.41, 5.74) is 0.718. The van der Waals surface area contributed by atoms with Crippen molar-refractivity contribution in [2.75, 3.05) is 11.9 Å². The van der Waals surface area contributed by atoms with E-state index in [-0.39, 0.29) is 12.1 Å². The van der Waals surface area contributed by atoms with E-state index in [1.165, 1.54) is 0 Å². The predicted octanol–water partition coefficient (Wildman–Crippen LogP) is 3.89. The van der Waals surface area contributed by atoms with E-state index in [1.807, 2.05) is 6.92 Å². The van der Waals surface area contributed by atoms with Gasteiger partial charge < -0.3 is 15.3 Å². The average molecular weight is 311 g/mol. The molecule has 1 aromatic rings. The fraction of sp³-hybridized carbons (Fsp3) is 0.562. The lowest BCUT2D eigenvalue weighted by Crippen LogP contribution is -2.50. The standard InChI is InChI=1S/C16H23ClN2O2/c1-2-11-19(14-5-3-4-6-15(14)20)16(21)18-13-9-7-12(17)8-10-13/h7-10,14-15,20H,2-6,11H2,1H3,(H,18,21)/t14-,15-/m1/s1. The first kappa shape index (κ1) is 16.1. The molecule has 116 valence electrons. The van der Waals surface area contributed by atoms with E-state index in [4.69, 9.17) is 11.6 Å². The highest BCUT2D eigenvalue weighted by Gasteiger charge is 2.31. The second-order valence-electron chi connectivity index (χ2n) is 5.55. The van der Waals surface area contributed by atoms with E-state index in [0.717, 1.165) is 37.8 Å². The molecule has 5 heteroatoms. The van der Waals surface area contributed by atoms with Gasteiger partial charge in [-0.1, -0.05) is 31.4 Å². The van der Waals surface area contributed by atoms with Gasteiger partial charge in [0, 0.05) is 17.3 Å². The molecule has 0 bridgehead atoms. The SMILES string of the molecule is CCCN(C(=O)Nc1ccc(Cl)cc1)[C@@H]1CCCC[C@H]1O. The summed E-state index contributed by atoms with van der Waals surface area (Å²) < 4.78 is 0. The maximum absolute atomic E-state index is 12.5. The first-order valence-electron chi connectivity index (χ1n) is 7.63. The van der Waals surface area contributed by atoms with Crippen molar-refractivity contribution in [2.24, 2.45) is 0 Å². The summed E-state index contributed by atoms with van der Waals surface area (Å²) in [4.78, 5) is 14.3. The lowest BCUT2D eigenvalue weighted by molar-refractivity contribution is 0.0397. The molecule has 0 radical (unpaired) electrons. The van der Waals surface area contributed by atoms with Crippen molar-refractivity contribution in [1.29, 1.82) is 0 Å². The van der Waals surface area contributed by atoms with Crippen LogP contribution in [0.2, 0.25) is 5.02 Å². The van der Waals surface area contributed by atoms with Crippen molar-refractivity contribution < 1.29 is 9.90 Å². The summed E-state index contributed by atoms with van der Waals surface area (Å²) >= 11 is 5.85. The van der Waals surface area contributed by atoms with Gasteiger partial charge in [-0.15, -0.1) is 0 Å². The van der Waals surface area contributed by atoms with Gasteiger partial charge >= 0.3 is 6.03 Å². The number of nitrogens with zero attached hydrogens (tertiary/aromatic N) is 1. The molecule has 2 rings (SSSR count). The molecule has 1 aliphatic carbocycles. The van der Waals surface area contributed by atoms with Gasteiger partial charge in [-0.3, -0.25) is 0 Å². The largest absolute Gasteiger partial charge is 0.391 e. The van der Waals surface area contributed by atoms with Crippen LogP contribution in [0.3, 0.4) is 0 Å². The zero-order valence-electron chi connectivity index (χ0n) is 12.4. The van der Waals surface area contributed by atoms with Gasteiger partial charge in [0.2, 0.25) is 0 Å². The number of rotatable bonds is 4. The molecule has 2 N–H and O–H groups in total. The molecule has 4 nitrogen and oxygen atoms in total. The lowest BCUT2D eigenvalue weighted by Gasteiger charge is -2.37. The number of halogens is 1. The molecule has 0 heterocycles. The molecule has 1 fully saturated rings. The van der Waals surface area contributed by atoms with E-state index in [1.54, 1.807) is 29.2 Å². The van der Waals surface area contributed by atoms with Crippen LogP contribution in [0, 0.1) is 0 Å². The Morgan fingerprint density at radius 1 is 1.33 bits per heavy atom. The molecular weight excluding hydrogens is 288 g/mol. The first-order chi connectivity index (χ1) is 10.1. The Morgan fingerprint density at radius 2 is 2.00 bits per heavy atom. The third kappa shape index (κ3) is 4.35. The third-order valence-corrected chi connectivity index (χ3v) is 4.17. The molecule has 0 saturated heterocycles. The van der Waals surface area contributed by atoms with E-state index in [9.17, 15) is 9.90 Å². The molecule has 0 spiro atoms. The highest BCUT2D eigenvalue weighted by molar-refractivity contribution is 6.30. The number of hydrogen-bond acceptors (Lipinski definition) is 2. The highest BCUT2D eigenvalue weighted by Crippen LogP contribution is 2.24. The number of benzene rings is 1. The second-order valence-corrected chi connectivity index (χ2v) is 5.99. The number of urea groups is 1. The van der Waals surface area contributed by atoms with Gasteiger partial charge in [-0.25, -0.2) is 4.79 Å². The summed E-state index contributed by atoms with van der Waals surface area (Å²) in [7, 11) is 0. The third-order valence-electron chi connectivity index (χ3n) is 3.92. The van der Waals surface area contributed by atoms with Crippen molar-refractivity contribution >= 4 is 23.3 Å². The Labute approximate surface area is 131 Å². The quantitative estimate of drug-likeness (QED) is 0.886. The predicted molar refractivity (Wildman–Crippen MR) is 85.7 cm³/mol. The van der Waals surface area contributed by atoms with Crippen LogP contribution in [0.25, 0.3) is 0 Å². The van der Waals surface area contributed by atoms with Gasteiger partial charge in [0.05, 0.1) is 12.1 Å². The Bertz CT molecular complexity index is 464. The maximum atomic E-state index is 12.5. The number of carbonyl (C=O) groups is 1. The smallest absolute Gasteiger partial charge is 0.322 e. The van der Waals surface area contributed by atoms with E-state index in [2.05, 4.69) is 5.32 Å². The highest BCUT2D eigenvalue weighted by atomic mass is 35.5. The van der Waals surface area contributed by atoms with Crippen LogP contribution >= 0.6 is 11.6 Å². The van der Waals surface area contributed by atoms with Crippen molar-refractivity contribution in [3.8, 4) is 0 Å². The Kier molecular flexibility index (Phi) is 5.88.